The molecule has 168 valence electrons. The minimum absolute atomic E-state index is 0.0368. The number of ether oxygens (including phenoxy) is 2. The molecule has 0 radical (unpaired) electrons. The maximum atomic E-state index is 12.9. The predicted octanol–water partition coefficient (Wildman–Crippen LogP) is 2.42. The molecule has 0 aliphatic carbocycles. The highest BCUT2D eigenvalue weighted by Gasteiger charge is 2.14. The molecule has 1 aromatic heterocycles. The van der Waals surface area contributed by atoms with Gasteiger partial charge in [0.15, 0.2) is 5.16 Å². The maximum absolute atomic E-state index is 12.9. The molecule has 32 heavy (non-hydrogen) atoms. The average Bonchev–Trinajstić information content (AvgIpc) is 2.82. The first-order valence-corrected chi connectivity index (χ1v) is 11.1. The molecule has 0 spiro atoms. The van der Waals surface area contributed by atoms with Crippen molar-refractivity contribution >= 4 is 34.5 Å². The van der Waals surface area contributed by atoms with Gasteiger partial charge in [-0.15, -0.1) is 0 Å². The number of methoxy groups -OCH3 is 2. The number of fused-ring (bicyclic) bond motifs is 1. The van der Waals surface area contributed by atoms with Gasteiger partial charge in [-0.2, -0.15) is 0 Å². The Morgan fingerprint density at radius 1 is 1.09 bits per heavy atom. The summed E-state index contributed by atoms with van der Waals surface area (Å²) in [7, 11) is 2.92. The van der Waals surface area contributed by atoms with Crippen molar-refractivity contribution in [2.24, 2.45) is 0 Å². The van der Waals surface area contributed by atoms with Crippen LogP contribution in [0.3, 0.4) is 0 Å². The number of amides is 1. The lowest BCUT2D eigenvalue weighted by Crippen LogP contribution is -2.29. The van der Waals surface area contributed by atoms with Gasteiger partial charge in [-0.3, -0.25) is 19.0 Å². The van der Waals surface area contributed by atoms with Crippen molar-refractivity contribution in [1.82, 2.24) is 14.9 Å². The van der Waals surface area contributed by atoms with E-state index in [1.54, 1.807) is 31.4 Å². The van der Waals surface area contributed by atoms with Crippen LogP contribution in [-0.2, 0) is 27.3 Å². The molecule has 0 unspecified atom stereocenters. The number of carbonyl (C=O) groups is 2. The first-order chi connectivity index (χ1) is 15.5. The Labute approximate surface area is 189 Å². The van der Waals surface area contributed by atoms with E-state index >= 15 is 0 Å². The van der Waals surface area contributed by atoms with Crippen LogP contribution in [-0.4, -0.2) is 47.9 Å². The lowest BCUT2D eigenvalue weighted by Gasteiger charge is -2.13. The van der Waals surface area contributed by atoms with Crippen molar-refractivity contribution < 1.29 is 19.1 Å². The van der Waals surface area contributed by atoms with Gasteiger partial charge in [-0.05, 0) is 30.2 Å². The Balaban J connectivity index is 1.66. The molecule has 0 bridgehead atoms. The van der Waals surface area contributed by atoms with Gasteiger partial charge in [-0.1, -0.05) is 42.1 Å². The normalized spacial score (nSPS) is 10.7. The van der Waals surface area contributed by atoms with Gasteiger partial charge in [-0.25, -0.2) is 4.98 Å². The number of hydrogen-bond acceptors (Lipinski definition) is 7. The lowest BCUT2D eigenvalue weighted by molar-refractivity contribution is -0.140. The van der Waals surface area contributed by atoms with Gasteiger partial charge >= 0.3 is 5.97 Å². The summed E-state index contributed by atoms with van der Waals surface area (Å²) >= 11 is 1.16. The monoisotopic (exact) mass is 455 g/mol. The van der Waals surface area contributed by atoms with Crippen LogP contribution < -0.4 is 15.6 Å². The first kappa shape index (κ1) is 23.3. The van der Waals surface area contributed by atoms with E-state index in [2.05, 4.69) is 15.0 Å². The molecule has 0 aliphatic rings. The molecule has 0 saturated heterocycles. The van der Waals surface area contributed by atoms with Gasteiger partial charge in [0, 0.05) is 13.1 Å². The van der Waals surface area contributed by atoms with Gasteiger partial charge in [0.25, 0.3) is 5.56 Å². The molecule has 0 aliphatic heterocycles. The fraction of sp³-hybridized carbons (Fsp3) is 0.304. The molecule has 0 fully saturated rings. The lowest BCUT2D eigenvalue weighted by atomic mass is 10.1. The molecule has 1 amide bonds. The highest BCUT2D eigenvalue weighted by Crippen LogP contribution is 2.19. The van der Waals surface area contributed by atoms with Crippen LogP contribution in [0.15, 0.2) is 58.5 Å². The highest BCUT2D eigenvalue weighted by molar-refractivity contribution is 7.99. The molecular formula is C23H25N3O5S. The van der Waals surface area contributed by atoms with Crippen molar-refractivity contribution in [3.63, 3.8) is 0 Å². The van der Waals surface area contributed by atoms with Crippen LogP contribution in [0, 0.1) is 0 Å². The van der Waals surface area contributed by atoms with Gasteiger partial charge < -0.3 is 14.8 Å². The van der Waals surface area contributed by atoms with Crippen LogP contribution in [0.2, 0.25) is 0 Å². The van der Waals surface area contributed by atoms with Gasteiger partial charge in [0.1, 0.15) is 5.75 Å². The predicted molar refractivity (Wildman–Crippen MR) is 123 cm³/mol. The van der Waals surface area contributed by atoms with E-state index in [9.17, 15) is 14.4 Å². The summed E-state index contributed by atoms with van der Waals surface area (Å²) in [6.45, 7) is 0.584. The number of hydrogen-bond donors (Lipinski definition) is 1. The number of benzene rings is 2. The second-order valence-corrected chi connectivity index (χ2v) is 7.84. The van der Waals surface area contributed by atoms with E-state index in [1.807, 2.05) is 24.3 Å². The van der Waals surface area contributed by atoms with Crippen LogP contribution >= 0.6 is 11.8 Å². The maximum Gasteiger partial charge on any atom is 0.307 e. The number of thioether (sulfide) groups is 1. The highest BCUT2D eigenvalue weighted by atomic mass is 32.2. The summed E-state index contributed by atoms with van der Waals surface area (Å²) in [5, 5.41) is 3.73. The minimum atomic E-state index is -0.421. The van der Waals surface area contributed by atoms with Crippen LogP contribution in [0.5, 0.6) is 5.75 Å². The largest absolute Gasteiger partial charge is 0.496 e. The molecule has 3 rings (SSSR count). The summed E-state index contributed by atoms with van der Waals surface area (Å²) < 4.78 is 11.4. The van der Waals surface area contributed by atoms with E-state index in [0.29, 0.717) is 29.0 Å². The topological polar surface area (TPSA) is 99.5 Å². The number of aromatic nitrogens is 2. The van der Waals surface area contributed by atoms with Crippen LogP contribution in [0.25, 0.3) is 10.9 Å². The van der Waals surface area contributed by atoms with Crippen molar-refractivity contribution in [3.05, 3.63) is 64.4 Å². The zero-order chi connectivity index (χ0) is 22.9. The SMILES string of the molecule is COC(=O)CCn1c(SCC(=O)NCCc2ccccc2OC)nc2ccccc2c1=O. The summed E-state index contributed by atoms with van der Waals surface area (Å²) in [5.41, 5.74) is 1.31. The Hall–Kier alpha value is -3.33. The van der Waals surface area contributed by atoms with E-state index in [1.165, 1.54) is 11.7 Å². The number of esters is 1. The average molecular weight is 456 g/mol. The third-order valence-electron chi connectivity index (χ3n) is 4.84. The number of carbonyl (C=O) groups excluding carboxylic acids is 2. The molecule has 1 heterocycles. The molecule has 3 aromatic rings. The van der Waals surface area contributed by atoms with E-state index in [4.69, 9.17) is 4.74 Å². The molecule has 8 nitrogen and oxygen atoms in total. The van der Waals surface area contributed by atoms with E-state index in [-0.39, 0.29) is 30.2 Å². The Bertz CT molecular complexity index is 1160. The smallest absolute Gasteiger partial charge is 0.307 e. The van der Waals surface area contributed by atoms with Gasteiger partial charge in [0.2, 0.25) is 5.91 Å². The number of rotatable bonds is 10. The second-order valence-electron chi connectivity index (χ2n) is 6.89. The van der Waals surface area contributed by atoms with Crippen molar-refractivity contribution in [2.45, 2.75) is 24.5 Å². The Morgan fingerprint density at radius 2 is 1.84 bits per heavy atom. The fourth-order valence-corrected chi connectivity index (χ4v) is 4.04. The number of nitrogens with one attached hydrogen (secondary N) is 1. The quantitative estimate of drug-likeness (QED) is 0.285. The number of nitrogens with zero attached hydrogens (tertiary/aromatic N) is 2. The molecule has 9 heteroatoms. The molecule has 0 atom stereocenters. The third-order valence-corrected chi connectivity index (χ3v) is 5.81. The van der Waals surface area contributed by atoms with Crippen LogP contribution in [0.4, 0.5) is 0 Å². The zero-order valence-corrected chi connectivity index (χ0v) is 18.8. The fourth-order valence-electron chi connectivity index (χ4n) is 3.19. The first-order valence-electron chi connectivity index (χ1n) is 10.1. The van der Waals surface area contributed by atoms with E-state index < -0.39 is 5.97 Å². The standard InChI is InChI=1S/C23H25N3O5S/c1-30-19-10-6-3-7-16(19)11-13-24-20(27)15-32-23-25-18-9-5-4-8-17(18)22(29)26(23)14-12-21(28)31-2/h3-10H,11-15H2,1-2H3,(H,24,27). The Kier molecular flexibility index (Phi) is 8.27. The molecule has 2 aromatic carbocycles. The summed E-state index contributed by atoms with van der Waals surface area (Å²) in [4.78, 5) is 41.4. The van der Waals surface area contributed by atoms with Crippen molar-refractivity contribution in [1.29, 1.82) is 0 Å². The van der Waals surface area contributed by atoms with Gasteiger partial charge in [0.05, 0.1) is 37.3 Å². The Morgan fingerprint density at radius 3 is 2.62 bits per heavy atom. The van der Waals surface area contributed by atoms with Crippen molar-refractivity contribution in [3.8, 4) is 5.75 Å². The summed E-state index contributed by atoms with van der Waals surface area (Å²) in [6.07, 6.45) is 0.674. The molecule has 0 saturated carbocycles. The molecular weight excluding hydrogens is 430 g/mol. The minimum Gasteiger partial charge on any atom is -0.496 e. The summed E-state index contributed by atoms with van der Waals surface area (Å²) in [5.74, 6) is 0.280. The number of para-hydroxylation sites is 2. The third kappa shape index (κ3) is 5.88. The summed E-state index contributed by atoms with van der Waals surface area (Å²) in [6, 6.07) is 14.7. The second kappa shape index (κ2) is 11.3. The van der Waals surface area contributed by atoms with Crippen molar-refractivity contribution in [2.75, 3.05) is 26.5 Å². The van der Waals surface area contributed by atoms with Crippen LogP contribution in [0.1, 0.15) is 12.0 Å². The van der Waals surface area contributed by atoms with E-state index in [0.717, 1.165) is 23.1 Å². The molecule has 1 N–H and O–H groups in total. The zero-order valence-electron chi connectivity index (χ0n) is 18.0.